The Labute approximate surface area is 113 Å². The Morgan fingerprint density at radius 1 is 1.63 bits per heavy atom. The maximum Gasteiger partial charge on any atom is 0.356 e. The van der Waals surface area contributed by atoms with Gasteiger partial charge in [-0.05, 0) is 24.5 Å². The predicted molar refractivity (Wildman–Crippen MR) is 74.2 cm³/mol. The van der Waals surface area contributed by atoms with Crippen LogP contribution in [0.15, 0.2) is 18.3 Å². The van der Waals surface area contributed by atoms with Gasteiger partial charge in [-0.3, -0.25) is 0 Å². The van der Waals surface area contributed by atoms with E-state index in [1.165, 1.54) is 7.11 Å². The molecule has 0 saturated carbocycles. The van der Waals surface area contributed by atoms with E-state index in [1.807, 2.05) is 6.07 Å². The number of nitrogens with two attached hydrogens (primary N) is 1. The molecule has 0 bridgehead atoms. The minimum Gasteiger partial charge on any atom is -0.464 e. The maximum atomic E-state index is 11.5. The zero-order chi connectivity index (χ0) is 13.8. The molecule has 2 rings (SSSR count). The van der Waals surface area contributed by atoms with Crippen LogP contribution in [0.2, 0.25) is 0 Å². The summed E-state index contributed by atoms with van der Waals surface area (Å²) >= 11 is 0. The molecular weight excluding hydrogens is 242 g/mol. The molecule has 2 atom stereocenters. The van der Waals surface area contributed by atoms with Crippen molar-refractivity contribution in [2.45, 2.75) is 25.8 Å². The number of esters is 1. The van der Waals surface area contributed by atoms with E-state index < -0.39 is 5.97 Å². The lowest BCUT2D eigenvalue weighted by Gasteiger charge is -2.38. The number of rotatable bonds is 3. The van der Waals surface area contributed by atoms with Crippen LogP contribution < -0.4 is 10.6 Å². The first kappa shape index (κ1) is 13.8. The summed E-state index contributed by atoms with van der Waals surface area (Å²) in [6.07, 6.45) is 3.71. The number of hydrogen-bond acceptors (Lipinski definition) is 5. The van der Waals surface area contributed by atoms with Crippen LogP contribution in [-0.4, -0.2) is 37.2 Å². The number of anilines is 1. The molecule has 1 saturated heterocycles. The highest BCUT2D eigenvalue weighted by atomic mass is 16.5. The number of aromatic nitrogens is 1. The molecule has 1 aromatic heterocycles. The van der Waals surface area contributed by atoms with E-state index >= 15 is 0 Å². The highest BCUT2D eigenvalue weighted by Gasteiger charge is 2.25. The van der Waals surface area contributed by atoms with Gasteiger partial charge >= 0.3 is 5.97 Å². The second-order valence-corrected chi connectivity index (χ2v) is 4.96. The minimum atomic E-state index is -0.400. The predicted octanol–water partition coefficient (Wildman–Crippen LogP) is 1.43. The fourth-order valence-corrected chi connectivity index (χ4v) is 2.55. The molecule has 5 nitrogen and oxygen atoms in total. The van der Waals surface area contributed by atoms with Gasteiger partial charge in [0, 0.05) is 31.0 Å². The van der Waals surface area contributed by atoms with Crippen molar-refractivity contribution in [2.75, 3.05) is 25.1 Å². The third-order valence-corrected chi connectivity index (χ3v) is 3.82. The molecule has 1 aliphatic rings. The highest BCUT2D eigenvalue weighted by Crippen LogP contribution is 2.24. The summed E-state index contributed by atoms with van der Waals surface area (Å²) in [6, 6.07) is 3.99. The summed E-state index contributed by atoms with van der Waals surface area (Å²) in [7, 11) is 1.36. The van der Waals surface area contributed by atoms with Crippen LogP contribution in [-0.2, 0) is 4.74 Å². The topological polar surface area (TPSA) is 68.5 Å². The SMILES string of the molecule is CCC1CN(c2ccnc(C(=O)OC)c2)CCC1N. The van der Waals surface area contributed by atoms with E-state index in [0.717, 1.165) is 31.6 Å². The lowest BCUT2D eigenvalue weighted by atomic mass is 9.90. The molecule has 2 unspecified atom stereocenters. The van der Waals surface area contributed by atoms with Gasteiger partial charge in [-0.1, -0.05) is 13.3 Å². The fraction of sp³-hybridized carbons (Fsp3) is 0.571. The van der Waals surface area contributed by atoms with Crippen molar-refractivity contribution in [3.8, 4) is 0 Å². The van der Waals surface area contributed by atoms with Crippen molar-refractivity contribution in [1.82, 2.24) is 4.98 Å². The molecular formula is C14H21N3O2. The Balaban J connectivity index is 2.15. The third kappa shape index (κ3) is 3.04. The molecule has 0 amide bonds. The molecule has 0 aromatic carbocycles. The molecule has 1 aliphatic heterocycles. The number of nitrogens with zero attached hydrogens (tertiary/aromatic N) is 2. The van der Waals surface area contributed by atoms with Gasteiger partial charge in [-0.25, -0.2) is 9.78 Å². The Kier molecular flexibility index (Phi) is 4.37. The van der Waals surface area contributed by atoms with Gasteiger partial charge < -0.3 is 15.4 Å². The van der Waals surface area contributed by atoms with Gasteiger partial charge in [0.15, 0.2) is 0 Å². The van der Waals surface area contributed by atoms with Gasteiger partial charge in [0.05, 0.1) is 7.11 Å². The van der Waals surface area contributed by atoms with Crippen LogP contribution in [0.4, 0.5) is 5.69 Å². The Hall–Kier alpha value is -1.62. The molecule has 0 spiro atoms. The zero-order valence-electron chi connectivity index (χ0n) is 11.5. The van der Waals surface area contributed by atoms with Gasteiger partial charge in [-0.2, -0.15) is 0 Å². The highest BCUT2D eigenvalue weighted by molar-refractivity contribution is 5.88. The van der Waals surface area contributed by atoms with Gasteiger partial charge in [0.1, 0.15) is 5.69 Å². The Bertz CT molecular complexity index is 450. The molecule has 19 heavy (non-hydrogen) atoms. The van der Waals surface area contributed by atoms with Crippen molar-refractivity contribution >= 4 is 11.7 Å². The standard InChI is InChI=1S/C14H21N3O2/c1-3-10-9-17(7-5-12(10)15)11-4-6-16-13(8-11)14(18)19-2/h4,6,8,10,12H,3,5,7,9,15H2,1-2H3. The lowest BCUT2D eigenvalue weighted by molar-refractivity contribution is 0.0594. The normalized spacial score (nSPS) is 23.2. The van der Waals surface area contributed by atoms with Crippen LogP contribution in [0.25, 0.3) is 0 Å². The molecule has 1 fully saturated rings. The average molecular weight is 263 g/mol. The van der Waals surface area contributed by atoms with Crippen LogP contribution in [0, 0.1) is 5.92 Å². The zero-order valence-corrected chi connectivity index (χ0v) is 11.5. The number of hydrogen-bond donors (Lipinski definition) is 1. The van der Waals surface area contributed by atoms with Crippen molar-refractivity contribution in [2.24, 2.45) is 11.7 Å². The maximum absolute atomic E-state index is 11.5. The Morgan fingerprint density at radius 3 is 3.11 bits per heavy atom. The van der Waals surface area contributed by atoms with Crippen molar-refractivity contribution < 1.29 is 9.53 Å². The van der Waals surface area contributed by atoms with E-state index in [2.05, 4.69) is 16.8 Å². The van der Waals surface area contributed by atoms with Crippen molar-refractivity contribution in [3.63, 3.8) is 0 Å². The van der Waals surface area contributed by atoms with Gasteiger partial charge in [-0.15, -0.1) is 0 Å². The molecule has 0 radical (unpaired) electrons. The molecule has 104 valence electrons. The van der Waals surface area contributed by atoms with E-state index in [0.29, 0.717) is 11.6 Å². The summed E-state index contributed by atoms with van der Waals surface area (Å²) in [5, 5.41) is 0. The number of piperidine rings is 1. The second kappa shape index (κ2) is 6.02. The summed E-state index contributed by atoms with van der Waals surface area (Å²) in [6.45, 7) is 4.02. The van der Waals surface area contributed by atoms with Crippen LogP contribution in [0.5, 0.6) is 0 Å². The summed E-state index contributed by atoms with van der Waals surface area (Å²) in [5.74, 6) is 0.103. The summed E-state index contributed by atoms with van der Waals surface area (Å²) in [5.41, 5.74) is 7.48. The van der Waals surface area contributed by atoms with E-state index in [-0.39, 0.29) is 6.04 Å². The van der Waals surface area contributed by atoms with Crippen LogP contribution in [0.1, 0.15) is 30.3 Å². The number of pyridine rings is 1. The number of methoxy groups -OCH3 is 1. The molecule has 2 heterocycles. The monoisotopic (exact) mass is 263 g/mol. The second-order valence-electron chi connectivity index (χ2n) is 4.96. The van der Waals surface area contributed by atoms with Crippen molar-refractivity contribution in [1.29, 1.82) is 0 Å². The smallest absolute Gasteiger partial charge is 0.356 e. The fourth-order valence-electron chi connectivity index (χ4n) is 2.55. The first-order valence-corrected chi connectivity index (χ1v) is 6.70. The minimum absolute atomic E-state index is 0.281. The molecule has 5 heteroatoms. The first-order valence-electron chi connectivity index (χ1n) is 6.70. The number of carbonyl (C=O) groups excluding carboxylic acids is 1. The summed E-state index contributed by atoms with van der Waals surface area (Å²) in [4.78, 5) is 17.8. The summed E-state index contributed by atoms with van der Waals surface area (Å²) < 4.78 is 4.70. The van der Waals surface area contributed by atoms with E-state index in [4.69, 9.17) is 10.5 Å². The van der Waals surface area contributed by atoms with Crippen LogP contribution >= 0.6 is 0 Å². The largest absolute Gasteiger partial charge is 0.464 e. The molecule has 2 N–H and O–H groups in total. The van der Waals surface area contributed by atoms with Gasteiger partial charge in [0.25, 0.3) is 0 Å². The van der Waals surface area contributed by atoms with E-state index in [9.17, 15) is 4.79 Å². The number of ether oxygens (including phenoxy) is 1. The quantitative estimate of drug-likeness (QED) is 0.836. The van der Waals surface area contributed by atoms with E-state index in [1.54, 1.807) is 12.3 Å². The third-order valence-electron chi connectivity index (χ3n) is 3.82. The molecule has 1 aromatic rings. The van der Waals surface area contributed by atoms with Gasteiger partial charge in [0.2, 0.25) is 0 Å². The average Bonchev–Trinajstić information content (AvgIpc) is 2.47. The van der Waals surface area contributed by atoms with Crippen LogP contribution in [0.3, 0.4) is 0 Å². The molecule has 0 aliphatic carbocycles. The first-order chi connectivity index (χ1) is 9.15. The lowest BCUT2D eigenvalue weighted by Crippen LogP contribution is -2.47. The Morgan fingerprint density at radius 2 is 2.42 bits per heavy atom. The number of carbonyl (C=O) groups is 1. The van der Waals surface area contributed by atoms with Crippen molar-refractivity contribution in [3.05, 3.63) is 24.0 Å².